The van der Waals surface area contributed by atoms with Crippen molar-refractivity contribution in [3.63, 3.8) is 0 Å². The van der Waals surface area contributed by atoms with Crippen molar-refractivity contribution in [3.8, 4) is 0 Å². The maximum atomic E-state index is 6.87. The van der Waals surface area contributed by atoms with Crippen molar-refractivity contribution >= 4 is 0 Å². The van der Waals surface area contributed by atoms with Crippen LogP contribution in [0.5, 0.6) is 0 Å². The number of nitrogens with zero attached hydrogens (tertiary/aromatic N) is 1. The van der Waals surface area contributed by atoms with E-state index in [4.69, 9.17) is 17.2 Å². The topological polar surface area (TPSA) is 81.3 Å². The van der Waals surface area contributed by atoms with E-state index in [0.29, 0.717) is 36.9 Å². The normalized spacial score (nSPS) is 15.0. The summed E-state index contributed by atoms with van der Waals surface area (Å²) in [4.78, 5) is 2.39. The molecule has 0 rings (SSSR count). The lowest BCUT2D eigenvalue weighted by molar-refractivity contribution is 0.0315. The molecule has 0 bridgehead atoms. The molecule has 0 aromatic carbocycles. The Morgan fingerprint density at radius 2 is 1.21 bits per heavy atom. The SMILES string of the molecule is CC(C)C(N(CCN)CCN)C(N)(C(C)C)C(C)C. The molecule has 0 fully saturated rings. The van der Waals surface area contributed by atoms with Crippen LogP contribution < -0.4 is 17.2 Å². The Balaban J connectivity index is 5.45. The second-order valence-electron chi connectivity index (χ2n) is 6.61. The number of hydrogen-bond donors (Lipinski definition) is 3. The van der Waals surface area contributed by atoms with Gasteiger partial charge in [0.1, 0.15) is 0 Å². The van der Waals surface area contributed by atoms with Gasteiger partial charge in [0.05, 0.1) is 0 Å². The molecule has 1 unspecified atom stereocenters. The molecule has 0 aliphatic carbocycles. The second-order valence-corrected chi connectivity index (χ2v) is 6.61. The van der Waals surface area contributed by atoms with Gasteiger partial charge in [-0.05, 0) is 17.8 Å². The van der Waals surface area contributed by atoms with Gasteiger partial charge in [-0.25, -0.2) is 0 Å². The highest BCUT2D eigenvalue weighted by Crippen LogP contribution is 2.34. The van der Waals surface area contributed by atoms with Crippen molar-refractivity contribution in [2.45, 2.75) is 53.1 Å². The zero-order valence-corrected chi connectivity index (χ0v) is 13.8. The van der Waals surface area contributed by atoms with Crippen LogP contribution in [-0.2, 0) is 0 Å². The highest BCUT2D eigenvalue weighted by atomic mass is 15.2. The van der Waals surface area contributed by atoms with Gasteiger partial charge in [0.2, 0.25) is 0 Å². The monoisotopic (exact) mass is 272 g/mol. The van der Waals surface area contributed by atoms with Crippen LogP contribution in [-0.4, -0.2) is 42.7 Å². The summed E-state index contributed by atoms with van der Waals surface area (Å²) in [5, 5.41) is 0. The van der Waals surface area contributed by atoms with Crippen molar-refractivity contribution in [1.82, 2.24) is 4.90 Å². The zero-order chi connectivity index (χ0) is 15.2. The molecule has 0 saturated carbocycles. The smallest absolute Gasteiger partial charge is 0.0361 e. The first-order valence-corrected chi connectivity index (χ1v) is 7.66. The fraction of sp³-hybridized carbons (Fsp3) is 1.00. The second kappa shape index (κ2) is 8.20. The van der Waals surface area contributed by atoms with E-state index in [1.807, 2.05) is 0 Å². The lowest BCUT2D eigenvalue weighted by Gasteiger charge is -2.51. The molecule has 1 atom stereocenters. The van der Waals surface area contributed by atoms with E-state index in [1.165, 1.54) is 0 Å². The summed E-state index contributed by atoms with van der Waals surface area (Å²) in [6, 6.07) is 0.305. The van der Waals surface area contributed by atoms with Gasteiger partial charge >= 0.3 is 0 Å². The summed E-state index contributed by atoms with van der Waals surface area (Å²) < 4.78 is 0. The van der Waals surface area contributed by atoms with Crippen molar-refractivity contribution in [2.24, 2.45) is 35.0 Å². The molecule has 0 aromatic heterocycles. The van der Waals surface area contributed by atoms with Gasteiger partial charge in [-0.3, -0.25) is 4.90 Å². The first kappa shape index (κ1) is 18.8. The van der Waals surface area contributed by atoms with Gasteiger partial charge in [-0.15, -0.1) is 0 Å². The highest BCUT2D eigenvalue weighted by Gasteiger charge is 2.44. The first-order chi connectivity index (χ1) is 8.73. The van der Waals surface area contributed by atoms with E-state index >= 15 is 0 Å². The Bertz CT molecular complexity index is 224. The molecule has 0 aliphatic heterocycles. The van der Waals surface area contributed by atoms with Crippen molar-refractivity contribution in [2.75, 3.05) is 26.2 Å². The lowest BCUT2D eigenvalue weighted by Crippen LogP contribution is -2.67. The number of hydrogen-bond acceptors (Lipinski definition) is 4. The Morgan fingerprint density at radius 3 is 1.42 bits per heavy atom. The van der Waals surface area contributed by atoms with Gasteiger partial charge < -0.3 is 17.2 Å². The maximum absolute atomic E-state index is 6.87. The van der Waals surface area contributed by atoms with Crippen LogP contribution in [0.3, 0.4) is 0 Å². The molecular formula is C15H36N4. The van der Waals surface area contributed by atoms with E-state index in [1.54, 1.807) is 0 Å². The number of nitrogens with two attached hydrogens (primary N) is 3. The van der Waals surface area contributed by atoms with Gasteiger partial charge in [-0.2, -0.15) is 0 Å². The molecule has 4 heteroatoms. The maximum Gasteiger partial charge on any atom is 0.0361 e. The van der Waals surface area contributed by atoms with Crippen LogP contribution in [0.2, 0.25) is 0 Å². The van der Waals surface area contributed by atoms with Gasteiger partial charge in [0.15, 0.2) is 0 Å². The van der Waals surface area contributed by atoms with Crippen molar-refractivity contribution in [3.05, 3.63) is 0 Å². The van der Waals surface area contributed by atoms with Crippen LogP contribution in [0.25, 0.3) is 0 Å². The highest BCUT2D eigenvalue weighted by molar-refractivity contribution is 5.03. The fourth-order valence-electron chi connectivity index (χ4n) is 3.39. The molecule has 0 spiro atoms. The lowest BCUT2D eigenvalue weighted by atomic mass is 9.68. The van der Waals surface area contributed by atoms with Crippen LogP contribution >= 0.6 is 0 Å². The number of rotatable bonds is 9. The van der Waals surface area contributed by atoms with Gasteiger partial charge in [-0.1, -0.05) is 41.5 Å². The Morgan fingerprint density at radius 1 is 0.842 bits per heavy atom. The van der Waals surface area contributed by atoms with Crippen LogP contribution in [0.4, 0.5) is 0 Å². The third-order valence-electron chi connectivity index (χ3n) is 4.37. The molecule has 0 aromatic rings. The van der Waals surface area contributed by atoms with E-state index in [0.717, 1.165) is 13.1 Å². The quantitative estimate of drug-likeness (QED) is 0.590. The van der Waals surface area contributed by atoms with E-state index in [2.05, 4.69) is 46.4 Å². The molecule has 0 saturated heterocycles. The van der Waals surface area contributed by atoms with Crippen LogP contribution in [0.1, 0.15) is 41.5 Å². The molecule has 6 N–H and O–H groups in total. The summed E-state index contributed by atoms with van der Waals surface area (Å²) >= 11 is 0. The van der Waals surface area contributed by atoms with Crippen molar-refractivity contribution in [1.29, 1.82) is 0 Å². The molecular weight excluding hydrogens is 236 g/mol. The van der Waals surface area contributed by atoms with E-state index in [-0.39, 0.29) is 5.54 Å². The molecule has 0 radical (unpaired) electrons. The first-order valence-electron chi connectivity index (χ1n) is 7.66. The Hall–Kier alpha value is -0.160. The molecule has 19 heavy (non-hydrogen) atoms. The summed E-state index contributed by atoms with van der Waals surface area (Å²) in [5.74, 6) is 1.31. The Kier molecular flexibility index (Phi) is 8.13. The third-order valence-corrected chi connectivity index (χ3v) is 4.37. The standard InChI is InChI=1S/C15H36N4/c1-11(2)14(19(9-7-16)10-8-17)15(18,12(3)4)13(5)6/h11-14H,7-10,16-18H2,1-6H3. The van der Waals surface area contributed by atoms with Crippen LogP contribution in [0, 0.1) is 17.8 Å². The predicted molar refractivity (Wildman–Crippen MR) is 84.9 cm³/mol. The fourth-order valence-corrected chi connectivity index (χ4v) is 3.39. The predicted octanol–water partition coefficient (Wildman–Crippen LogP) is 1.24. The van der Waals surface area contributed by atoms with E-state index in [9.17, 15) is 0 Å². The minimum Gasteiger partial charge on any atom is -0.329 e. The molecule has 4 nitrogen and oxygen atoms in total. The van der Waals surface area contributed by atoms with Crippen LogP contribution in [0.15, 0.2) is 0 Å². The van der Waals surface area contributed by atoms with Crippen molar-refractivity contribution < 1.29 is 0 Å². The molecule has 0 aliphatic rings. The minimum absolute atomic E-state index is 0.224. The summed E-state index contributed by atoms with van der Waals surface area (Å²) in [5.41, 5.74) is 18.2. The minimum atomic E-state index is -0.224. The van der Waals surface area contributed by atoms with E-state index < -0.39 is 0 Å². The summed E-state index contributed by atoms with van der Waals surface area (Å²) in [6.07, 6.45) is 0. The molecule has 0 heterocycles. The summed E-state index contributed by atoms with van der Waals surface area (Å²) in [6.45, 7) is 16.4. The molecule has 116 valence electrons. The average molecular weight is 272 g/mol. The Labute approximate surface area is 120 Å². The summed E-state index contributed by atoms with van der Waals surface area (Å²) in [7, 11) is 0. The largest absolute Gasteiger partial charge is 0.329 e. The zero-order valence-electron chi connectivity index (χ0n) is 13.8. The average Bonchev–Trinajstić information content (AvgIpc) is 2.28. The van der Waals surface area contributed by atoms with Gasteiger partial charge in [0.25, 0.3) is 0 Å². The molecule has 0 amide bonds. The van der Waals surface area contributed by atoms with Gasteiger partial charge in [0, 0.05) is 37.8 Å². The third kappa shape index (κ3) is 4.42.